The molecule has 0 radical (unpaired) electrons. The lowest BCUT2D eigenvalue weighted by Crippen LogP contribution is -2.50. The Morgan fingerprint density at radius 2 is 2.05 bits per heavy atom. The summed E-state index contributed by atoms with van der Waals surface area (Å²) in [6.45, 7) is 4.41. The van der Waals surface area contributed by atoms with E-state index in [0.717, 1.165) is 49.5 Å². The average Bonchev–Trinajstić information content (AvgIpc) is 2.94. The summed E-state index contributed by atoms with van der Waals surface area (Å²) >= 11 is 4.92. The molecule has 112 valence electrons. The normalized spacial score (nSPS) is 18.2. The van der Waals surface area contributed by atoms with Crippen molar-refractivity contribution in [3.8, 4) is 5.75 Å². The van der Waals surface area contributed by atoms with Crippen LogP contribution in [0.5, 0.6) is 5.75 Å². The minimum Gasteiger partial charge on any atom is -0.493 e. The van der Waals surface area contributed by atoms with E-state index >= 15 is 0 Å². The molecule has 0 aliphatic carbocycles. The van der Waals surface area contributed by atoms with E-state index in [1.54, 1.807) is 0 Å². The molecule has 1 saturated heterocycles. The van der Waals surface area contributed by atoms with Crippen molar-refractivity contribution in [2.45, 2.75) is 6.42 Å². The Balaban J connectivity index is 1.63. The van der Waals surface area contributed by atoms with Crippen LogP contribution in [0.3, 0.4) is 0 Å². The van der Waals surface area contributed by atoms with Gasteiger partial charge in [0.2, 0.25) is 0 Å². The van der Waals surface area contributed by atoms with Gasteiger partial charge in [0.05, 0.1) is 11.6 Å². The number of hydrogen-bond acceptors (Lipinski definition) is 4. The van der Waals surface area contributed by atoms with Crippen molar-refractivity contribution in [1.82, 2.24) is 9.80 Å². The Bertz CT molecular complexity index is 568. The van der Waals surface area contributed by atoms with Gasteiger partial charge >= 0.3 is 0 Å². The molecule has 0 bridgehead atoms. The first-order chi connectivity index (χ1) is 10.1. The fraction of sp³-hybridized carbons (Fsp3) is 0.467. The van der Waals surface area contributed by atoms with Crippen molar-refractivity contribution >= 4 is 23.1 Å². The van der Waals surface area contributed by atoms with E-state index < -0.39 is 0 Å². The topological polar surface area (TPSA) is 58.8 Å². The third-order valence-corrected chi connectivity index (χ3v) is 4.10. The molecular weight excluding hydrogens is 286 g/mol. The van der Waals surface area contributed by atoms with Gasteiger partial charge in [-0.2, -0.15) is 0 Å². The smallest absolute Gasteiger partial charge is 0.253 e. The highest BCUT2D eigenvalue weighted by atomic mass is 32.1. The fourth-order valence-electron chi connectivity index (χ4n) is 2.83. The second-order valence-electron chi connectivity index (χ2n) is 5.46. The van der Waals surface area contributed by atoms with E-state index in [-0.39, 0.29) is 5.91 Å². The van der Waals surface area contributed by atoms with Crippen LogP contribution in [-0.4, -0.2) is 60.0 Å². The van der Waals surface area contributed by atoms with Gasteiger partial charge in [0.25, 0.3) is 5.91 Å². The molecule has 2 aliphatic heterocycles. The molecule has 2 N–H and O–H groups in total. The van der Waals surface area contributed by atoms with E-state index in [4.69, 9.17) is 22.7 Å². The van der Waals surface area contributed by atoms with Gasteiger partial charge in [-0.05, 0) is 23.8 Å². The number of piperazine rings is 1. The molecule has 1 aromatic carbocycles. The third-order valence-electron chi connectivity index (χ3n) is 3.98. The monoisotopic (exact) mass is 305 g/mol. The predicted octanol–water partition coefficient (Wildman–Crippen LogP) is 0.665. The quantitative estimate of drug-likeness (QED) is 0.832. The zero-order chi connectivity index (χ0) is 14.8. The summed E-state index contributed by atoms with van der Waals surface area (Å²) in [6.07, 6.45) is 0.887. The zero-order valence-corrected chi connectivity index (χ0v) is 12.7. The summed E-state index contributed by atoms with van der Waals surface area (Å²) in [5.74, 6) is 1.01. The summed E-state index contributed by atoms with van der Waals surface area (Å²) in [4.78, 5) is 17.1. The van der Waals surface area contributed by atoms with Gasteiger partial charge in [0.15, 0.2) is 0 Å². The molecular formula is C15H19N3O2S. The summed E-state index contributed by atoms with van der Waals surface area (Å²) in [5, 5.41) is 0. The fourth-order valence-corrected chi connectivity index (χ4v) is 3.01. The van der Waals surface area contributed by atoms with Crippen molar-refractivity contribution in [1.29, 1.82) is 0 Å². The molecule has 0 saturated carbocycles. The van der Waals surface area contributed by atoms with Crippen LogP contribution in [0.25, 0.3) is 0 Å². The third kappa shape index (κ3) is 3.16. The Morgan fingerprint density at radius 3 is 2.76 bits per heavy atom. The number of benzene rings is 1. The number of carbonyl (C=O) groups excluding carboxylic acids is 1. The van der Waals surface area contributed by atoms with Gasteiger partial charge < -0.3 is 15.4 Å². The maximum Gasteiger partial charge on any atom is 0.253 e. The minimum absolute atomic E-state index is 0.0969. The lowest BCUT2D eigenvalue weighted by molar-refractivity contribution is 0.0654. The molecule has 0 unspecified atom stereocenters. The summed E-state index contributed by atoms with van der Waals surface area (Å²) < 4.78 is 5.47. The zero-order valence-electron chi connectivity index (χ0n) is 11.9. The molecule has 2 heterocycles. The van der Waals surface area contributed by atoms with E-state index in [1.807, 2.05) is 23.1 Å². The highest BCUT2D eigenvalue weighted by molar-refractivity contribution is 7.80. The molecule has 1 aromatic rings. The second-order valence-corrected chi connectivity index (χ2v) is 5.98. The Morgan fingerprint density at radius 1 is 1.29 bits per heavy atom. The number of hydrogen-bond donors (Lipinski definition) is 1. The van der Waals surface area contributed by atoms with Gasteiger partial charge in [-0.15, -0.1) is 0 Å². The number of nitrogens with zero attached hydrogens (tertiary/aromatic N) is 2. The number of rotatable bonds is 3. The van der Waals surface area contributed by atoms with Crippen LogP contribution < -0.4 is 10.5 Å². The van der Waals surface area contributed by atoms with E-state index in [9.17, 15) is 4.79 Å². The molecule has 1 amide bonds. The van der Waals surface area contributed by atoms with Gasteiger partial charge in [-0.3, -0.25) is 9.69 Å². The lowest BCUT2D eigenvalue weighted by Gasteiger charge is -2.34. The molecule has 0 aromatic heterocycles. The highest BCUT2D eigenvalue weighted by Crippen LogP contribution is 2.26. The van der Waals surface area contributed by atoms with Gasteiger partial charge in [0, 0.05) is 44.7 Å². The number of amides is 1. The molecule has 0 atom stereocenters. The van der Waals surface area contributed by atoms with Crippen LogP contribution in [0.4, 0.5) is 0 Å². The highest BCUT2D eigenvalue weighted by Gasteiger charge is 2.23. The molecule has 2 aliphatic rings. The van der Waals surface area contributed by atoms with Crippen molar-refractivity contribution < 1.29 is 9.53 Å². The minimum atomic E-state index is 0.0969. The summed E-state index contributed by atoms with van der Waals surface area (Å²) in [5.41, 5.74) is 7.44. The molecule has 0 spiro atoms. The van der Waals surface area contributed by atoms with Crippen molar-refractivity contribution in [2.24, 2.45) is 5.73 Å². The van der Waals surface area contributed by atoms with Crippen molar-refractivity contribution in [3.05, 3.63) is 29.3 Å². The first-order valence-corrected chi connectivity index (χ1v) is 7.60. The first-order valence-electron chi connectivity index (χ1n) is 7.19. The second kappa shape index (κ2) is 5.99. The summed E-state index contributed by atoms with van der Waals surface area (Å²) in [6, 6.07) is 5.72. The van der Waals surface area contributed by atoms with Crippen molar-refractivity contribution in [2.75, 3.05) is 39.3 Å². The standard InChI is InChI=1S/C15H19N3O2S/c16-14(21)10-17-4-6-18(7-5-17)15(19)12-1-2-13-11(9-12)3-8-20-13/h1-2,9H,3-8,10H2,(H2,16,21). The lowest BCUT2D eigenvalue weighted by atomic mass is 10.1. The molecule has 21 heavy (non-hydrogen) atoms. The van der Waals surface area contributed by atoms with Crippen LogP contribution in [0.1, 0.15) is 15.9 Å². The predicted molar refractivity (Wildman–Crippen MR) is 84.8 cm³/mol. The van der Waals surface area contributed by atoms with Gasteiger partial charge in [-0.25, -0.2) is 0 Å². The van der Waals surface area contributed by atoms with Crippen molar-refractivity contribution in [3.63, 3.8) is 0 Å². The molecule has 5 nitrogen and oxygen atoms in total. The van der Waals surface area contributed by atoms with Gasteiger partial charge in [-0.1, -0.05) is 12.2 Å². The van der Waals surface area contributed by atoms with E-state index in [0.29, 0.717) is 18.1 Å². The number of fused-ring (bicyclic) bond motifs is 1. The van der Waals surface area contributed by atoms with Gasteiger partial charge in [0.1, 0.15) is 5.75 Å². The number of thiocarbonyl (C=S) groups is 1. The number of ether oxygens (including phenoxy) is 1. The first kappa shape index (κ1) is 14.3. The molecule has 3 rings (SSSR count). The van der Waals surface area contributed by atoms with E-state index in [2.05, 4.69) is 4.90 Å². The largest absolute Gasteiger partial charge is 0.493 e. The van der Waals surface area contributed by atoms with Crippen LogP contribution in [0.15, 0.2) is 18.2 Å². The Labute approximate surface area is 129 Å². The van der Waals surface area contributed by atoms with Crippen LogP contribution in [-0.2, 0) is 6.42 Å². The van der Waals surface area contributed by atoms with Crippen LogP contribution in [0.2, 0.25) is 0 Å². The molecule has 6 heteroatoms. The average molecular weight is 305 g/mol. The number of nitrogens with two attached hydrogens (primary N) is 1. The maximum atomic E-state index is 12.5. The Hall–Kier alpha value is -1.66. The maximum absolute atomic E-state index is 12.5. The summed E-state index contributed by atoms with van der Waals surface area (Å²) in [7, 11) is 0. The Kier molecular flexibility index (Phi) is 4.07. The van der Waals surface area contributed by atoms with Crippen LogP contribution in [0, 0.1) is 0 Å². The van der Waals surface area contributed by atoms with Crippen LogP contribution >= 0.6 is 12.2 Å². The number of carbonyl (C=O) groups is 1. The van der Waals surface area contributed by atoms with E-state index in [1.165, 1.54) is 0 Å². The molecule has 1 fully saturated rings. The SMILES string of the molecule is NC(=S)CN1CCN(C(=O)c2ccc3c(c2)CCO3)CC1.